The Morgan fingerprint density at radius 2 is 2.14 bits per heavy atom. The zero-order valence-electron chi connectivity index (χ0n) is 13.0. The van der Waals surface area contributed by atoms with Crippen LogP contribution in [-0.4, -0.2) is 30.0 Å². The maximum atomic E-state index is 12.6. The summed E-state index contributed by atoms with van der Waals surface area (Å²) in [5.41, 5.74) is 1.11. The monoisotopic (exact) mass is 288 g/mol. The molecule has 1 amide bonds. The highest BCUT2D eigenvalue weighted by atomic mass is 16.5. The first-order valence-electron chi connectivity index (χ1n) is 7.86. The number of nitrogens with one attached hydrogen (secondary N) is 1. The van der Waals surface area contributed by atoms with E-state index in [2.05, 4.69) is 30.1 Å². The second-order valence-electron chi connectivity index (χ2n) is 6.28. The lowest BCUT2D eigenvalue weighted by molar-refractivity contribution is -0.135. The van der Waals surface area contributed by atoms with Gasteiger partial charge in [-0.1, -0.05) is 26.0 Å². The molecule has 0 spiro atoms. The lowest BCUT2D eigenvalue weighted by Gasteiger charge is -2.42. The summed E-state index contributed by atoms with van der Waals surface area (Å²) in [4.78, 5) is 14.7. The third kappa shape index (κ3) is 2.53. The molecule has 2 atom stereocenters. The highest BCUT2D eigenvalue weighted by molar-refractivity contribution is 5.85. The van der Waals surface area contributed by atoms with Crippen molar-refractivity contribution in [3.05, 3.63) is 29.8 Å². The molecule has 2 fully saturated rings. The number of rotatable bonds is 4. The number of ether oxygens (including phenoxy) is 1. The molecule has 3 rings (SSSR count). The lowest BCUT2D eigenvalue weighted by Crippen LogP contribution is -2.47. The van der Waals surface area contributed by atoms with Crippen molar-refractivity contribution in [3.8, 4) is 5.75 Å². The quantitative estimate of drug-likeness (QED) is 0.926. The first kappa shape index (κ1) is 14.4. The third-order valence-electron chi connectivity index (χ3n) is 4.75. The Bertz CT molecular complexity index is 525. The number of benzene rings is 1. The topological polar surface area (TPSA) is 41.6 Å². The maximum absolute atomic E-state index is 12.6. The van der Waals surface area contributed by atoms with Gasteiger partial charge < -0.3 is 9.64 Å². The van der Waals surface area contributed by atoms with Crippen molar-refractivity contribution in [2.75, 3.05) is 7.11 Å². The van der Waals surface area contributed by atoms with Gasteiger partial charge in [0.1, 0.15) is 11.9 Å². The highest BCUT2D eigenvalue weighted by Crippen LogP contribution is 2.39. The fraction of sp³-hybridized carbons (Fsp3) is 0.588. The van der Waals surface area contributed by atoms with Gasteiger partial charge in [0.15, 0.2) is 0 Å². The second-order valence-corrected chi connectivity index (χ2v) is 6.28. The van der Waals surface area contributed by atoms with Gasteiger partial charge in [-0.05, 0) is 42.9 Å². The predicted octanol–water partition coefficient (Wildman–Crippen LogP) is 2.70. The van der Waals surface area contributed by atoms with Crippen LogP contribution in [0.5, 0.6) is 5.75 Å². The Labute approximate surface area is 126 Å². The van der Waals surface area contributed by atoms with Crippen molar-refractivity contribution in [2.24, 2.45) is 5.92 Å². The average molecular weight is 288 g/mol. The molecule has 1 saturated carbocycles. The van der Waals surface area contributed by atoms with Crippen LogP contribution in [0.3, 0.4) is 0 Å². The summed E-state index contributed by atoms with van der Waals surface area (Å²) >= 11 is 0. The number of hydrogen-bond acceptors (Lipinski definition) is 3. The predicted molar refractivity (Wildman–Crippen MR) is 82.0 cm³/mol. The van der Waals surface area contributed by atoms with Gasteiger partial charge in [0, 0.05) is 6.04 Å². The van der Waals surface area contributed by atoms with Gasteiger partial charge in [0.2, 0.25) is 5.91 Å². The van der Waals surface area contributed by atoms with Gasteiger partial charge in [-0.3, -0.25) is 10.1 Å². The first-order chi connectivity index (χ1) is 10.1. The molecule has 2 aliphatic rings. The van der Waals surface area contributed by atoms with Crippen molar-refractivity contribution in [2.45, 2.75) is 51.4 Å². The van der Waals surface area contributed by atoms with Crippen molar-refractivity contribution in [1.29, 1.82) is 0 Å². The summed E-state index contributed by atoms with van der Waals surface area (Å²) in [6.45, 7) is 4.31. The fourth-order valence-electron chi connectivity index (χ4n) is 3.49. The molecule has 1 N–H and O–H groups in total. The van der Waals surface area contributed by atoms with E-state index in [0.29, 0.717) is 6.04 Å². The molecule has 4 heteroatoms. The molecule has 0 aromatic heterocycles. The molecule has 1 heterocycles. The van der Waals surface area contributed by atoms with E-state index < -0.39 is 0 Å². The Kier molecular flexibility index (Phi) is 3.89. The average Bonchev–Trinajstić information content (AvgIpc) is 2.80. The van der Waals surface area contributed by atoms with Crippen LogP contribution in [0.1, 0.15) is 44.8 Å². The molecule has 1 aliphatic carbocycles. The van der Waals surface area contributed by atoms with Crippen LogP contribution in [0, 0.1) is 5.92 Å². The molecule has 2 unspecified atom stereocenters. The molecule has 1 saturated heterocycles. The van der Waals surface area contributed by atoms with Crippen LogP contribution in [0.2, 0.25) is 0 Å². The van der Waals surface area contributed by atoms with Gasteiger partial charge in [0.05, 0.1) is 13.2 Å². The van der Waals surface area contributed by atoms with E-state index in [1.165, 1.54) is 0 Å². The van der Waals surface area contributed by atoms with E-state index in [9.17, 15) is 4.79 Å². The van der Waals surface area contributed by atoms with E-state index in [1.54, 1.807) is 7.11 Å². The number of amides is 1. The molecule has 1 aromatic rings. The lowest BCUT2D eigenvalue weighted by atomic mass is 9.80. The second kappa shape index (κ2) is 5.68. The van der Waals surface area contributed by atoms with E-state index in [1.807, 2.05) is 18.2 Å². The SMILES string of the molecule is CCC1NC(c2cccc(OC)c2)N(C2CC(C)C2)C1=O. The summed E-state index contributed by atoms with van der Waals surface area (Å²) in [6.07, 6.45) is 3.04. The number of hydrogen-bond donors (Lipinski definition) is 1. The largest absolute Gasteiger partial charge is 0.497 e. The van der Waals surface area contributed by atoms with Crippen LogP contribution in [0.25, 0.3) is 0 Å². The van der Waals surface area contributed by atoms with Gasteiger partial charge in [-0.25, -0.2) is 0 Å². The Morgan fingerprint density at radius 3 is 2.76 bits per heavy atom. The first-order valence-corrected chi connectivity index (χ1v) is 7.86. The Balaban J connectivity index is 1.88. The van der Waals surface area contributed by atoms with Crippen molar-refractivity contribution < 1.29 is 9.53 Å². The Morgan fingerprint density at radius 1 is 1.38 bits per heavy atom. The summed E-state index contributed by atoms with van der Waals surface area (Å²) in [5, 5.41) is 3.49. The van der Waals surface area contributed by atoms with Crippen LogP contribution < -0.4 is 10.1 Å². The van der Waals surface area contributed by atoms with Crippen LogP contribution in [0.15, 0.2) is 24.3 Å². The molecule has 0 bridgehead atoms. The van der Waals surface area contributed by atoms with Crippen LogP contribution in [-0.2, 0) is 4.79 Å². The molecule has 0 radical (unpaired) electrons. The standard InChI is InChI=1S/C17H24N2O2/c1-4-15-17(20)19(13-8-11(2)9-13)16(18-15)12-6-5-7-14(10-12)21-3/h5-7,10-11,13,15-16,18H,4,8-9H2,1-3H3. The van der Waals surface area contributed by atoms with E-state index in [4.69, 9.17) is 4.74 Å². The normalized spacial score (nSPS) is 32.1. The van der Waals surface area contributed by atoms with Gasteiger partial charge in [-0.15, -0.1) is 0 Å². The molecular formula is C17H24N2O2. The van der Waals surface area contributed by atoms with E-state index in [0.717, 1.165) is 36.5 Å². The van der Waals surface area contributed by atoms with E-state index >= 15 is 0 Å². The molecular weight excluding hydrogens is 264 g/mol. The van der Waals surface area contributed by atoms with Crippen molar-refractivity contribution >= 4 is 5.91 Å². The number of methoxy groups -OCH3 is 1. The van der Waals surface area contributed by atoms with Gasteiger partial charge in [0.25, 0.3) is 0 Å². The minimum atomic E-state index is -0.0582. The van der Waals surface area contributed by atoms with Crippen molar-refractivity contribution in [3.63, 3.8) is 0 Å². The van der Waals surface area contributed by atoms with Gasteiger partial charge in [-0.2, -0.15) is 0 Å². The highest BCUT2D eigenvalue weighted by Gasteiger charge is 2.45. The number of carbonyl (C=O) groups is 1. The summed E-state index contributed by atoms with van der Waals surface area (Å²) in [5.74, 6) is 1.82. The molecule has 114 valence electrons. The summed E-state index contributed by atoms with van der Waals surface area (Å²) < 4.78 is 5.32. The van der Waals surface area contributed by atoms with Crippen LogP contribution >= 0.6 is 0 Å². The van der Waals surface area contributed by atoms with E-state index in [-0.39, 0.29) is 18.1 Å². The van der Waals surface area contributed by atoms with Gasteiger partial charge >= 0.3 is 0 Å². The van der Waals surface area contributed by atoms with Crippen molar-refractivity contribution in [1.82, 2.24) is 10.2 Å². The third-order valence-corrected chi connectivity index (χ3v) is 4.75. The zero-order chi connectivity index (χ0) is 15.0. The molecule has 1 aromatic carbocycles. The minimum Gasteiger partial charge on any atom is -0.497 e. The minimum absolute atomic E-state index is 0.0185. The maximum Gasteiger partial charge on any atom is 0.241 e. The fourth-order valence-corrected chi connectivity index (χ4v) is 3.49. The smallest absolute Gasteiger partial charge is 0.241 e. The summed E-state index contributed by atoms with van der Waals surface area (Å²) in [7, 11) is 1.67. The summed E-state index contributed by atoms with van der Waals surface area (Å²) in [6, 6.07) is 8.34. The number of nitrogens with zero attached hydrogens (tertiary/aromatic N) is 1. The molecule has 1 aliphatic heterocycles. The van der Waals surface area contributed by atoms with Crippen LogP contribution in [0.4, 0.5) is 0 Å². The Hall–Kier alpha value is -1.55. The molecule has 21 heavy (non-hydrogen) atoms. The number of carbonyl (C=O) groups excluding carboxylic acids is 1. The molecule has 4 nitrogen and oxygen atoms in total. The zero-order valence-corrected chi connectivity index (χ0v) is 13.0.